The Morgan fingerprint density at radius 3 is 2.75 bits per heavy atom. The summed E-state index contributed by atoms with van der Waals surface area (Å²) >= 11 is 1.16. The maximum Gasteiger partial charge on any atom is 0.488 e. The molecule has 0 fully saturated rings. The van der Waals surface area contributed by atoms with Crippen molar-refractivity contribution in [2.45, 2.75) is 7.43 Å². The lowest BCUT2D eigenvalue weighted by atomic mass is 10.3. The van der Waals surface area contributed by atoms with Crippen LogP contribution in [0.2, 0.25) is 0 Å². The van der Waals surface area contributed by atoms with E-state index in [1.807, 2.05) is 0 Å². The van der Waals surface area contributed by atoms with Crippen molar-refractivity contribution in [2.75, 3.05) is 5.73 Å². The molecule has 0 atom stereocenters. The summed E-state index contributed by atoms with van der Waals surface area (Å²) in [6.07, 6.45) is 0. The van der Waals surface area contributed by atoms with Crippen LogP contribution < -0.4 is 9.92 Å². The van der Waals surface area contributed by atoms with Crippen LogP contribution in [0.5, 0.6) is 5.75 Å². The minimum atomic E-state index is -4.99. The van der Waals surface area contributed by atoms with Gasteiger partial charge < -0.3 is 9.92 Å². The quantitative estimate of drug-likeness (QED) is 0.840. The molecule has 0 aliphatic heterocycles. The molecule has 0 aliphatic carbocycles. The number of hydrogen-bond acceptors (Lipinski definition) is 6. The third kappa shape index (κ3) is 2.80. The zero-order valence-corrected chi connectivity index (χ0v) is 8.81. The van der Waals surface area contributed by atoms with Gasteiger partial charge in [-0.1, -0.05) is 22.6 Å². The first-order valence-electron chi connectivity index (χ1n) is 3.74. The molecule has 0 aliphatic rings. The summed E-state index contributed by atoms with van der Waals surface area (Å²) in [7, 11) is -4.99. The number of benzene rings is 1. The largest absolute Gasteiger partial charge is 0.488 e. The van der Waals surface area contributed by atoms with Gasteiger partial charge in [-0.2, -0.15) is 8.42 Å². The van der Waals surface area contributed by atoms with Crippen LogP contribution in [0.15, 0.2) is 18.2 Å². The zero-order chi connectivity index (χ0) is 11.1. The molecule has 0 saturated heterocycles. The molecule has 2 rings (SSSR count). The van der Waals surface area contributed by atoms with E-state index in [1.165, 1.54) is 18.2 Å². The normalized spacial score (nSPS) is 11.1. The van der Waals surface area contributed by atoms with Gasteiger partial charge in [-0.15, -0.1) is 0 Å². The van der Waals surface area contributed by atoms with Crippen molar-refractivity contribution in [3.05, 3.63) is 18.2 Å². The Kier molecular flexibility index (Phi) is 3.34. The molecule has 2 N–H and O–H groups in total. The van der Waals surface area contributed by atoms with Gasteiger partial charge in [-0.25, -0.2) is 4.98 Å². The molecule has 0 bridgehead atoms. The van der Waals surface area contributed by atoms with E-state index in [1.54, 1.807) is 0 Å². The Labute approximate surface area is 96.1 Å². The van der Waals surface area contributed by atoms with Crippen molar-refractivity contribution < 1.29 is 16.5 Å². The first-order valence-corrected chi connectivity index (χ1v) is 5.87. The second-order valence-electron chi connectivity index (χ2n) is 2.66. The molecule has 0 spiro atoms. The van der Waals surface area contributed by atoms with Crippen LogP contribution in [0.1, 0.15) is 7.43 Å². The predicted molar refractivity (Wildman–Crippen MR) is 61.4 cm³/mol. The van der Waals surface area contributed by atoms with Crippen LogP contribution in [0.4, 0.5) is 9.02 Å². The first kappa shape index (κ1) is 12.7. The second kappa shape index (κ2) is 4.22. The number of rotatable bonds is 2. The molecule has 5 nitrogen and oxygen atoms in total. The summed E-state index contributed by atoms with van der Waals surface area (Å²) in [6.45, 7) is 0. The van der Waals surface area contributed by atoms with Crippen molar-refractivity contribution in [3.8, 4) is 5.75 Å². The van der Waals surface area contributed by atoms with Gasteiger partial charge in [0.1, 0.15) is 5.75 Å². The van der Waals surface area contributed by atoms with Crippen molar-refractivity contribution in [1.82, 2.24) is 4.98 Å². The molecule has 2 aromatic rings. The number of fused-ring (bicyclic) bond motifs is 1. The molecular weight excluding hydrogens is 255 g/mol. The van der Waals surface area contributed by atoms with Crippen LogP contribution in [0.3, 0.4) is 0 Å². The summed E-state index contributed by atoms with van der Waals surface area (Å²) in [4.78, 5) is 3.95. The minimum absolute atomic E-state index is 0. The average Bonchev–Trinajstić information content (AvgIpc) is 2.40. The average molecular weight is 264 g/mol. The van der Waals surface area contributed by atoms with Gasteiger partial charge in [0.25, 0.3) is 0 Å². The van der Waals surface area contributed by atoms with Crippen molar-refractivity contribution in [2.24, 2.45) is 0 Å². The van der Waals surface area contributed by atoms with E-state index in [0.29, 0.717) is 15.3 Å². The van der Waals surface area contributed by atoms with E-state index in [2.05, 4.69) is 9.17 Å². The van der Waals surface area contributed by atoms with Gasteiger partial charge in [-0.3, -0.25) is 0 Å². The molecule has 8 heteroatoms. The molecule has 0 amide bonds. The van der Waals surface area contributed by atoms with Crippen LogP contribution in [0.25, 0.3) is 10.2 Å². The lowest BCUT2D eigenvalue weighted by molar-refractivity contribution is 0.440. The van der Waals surface area contributed by atoms with E-state index in [0.717, 1.165) is 11.3 Å². The maximum absolute atomic E-state index is 12.2. The Morgan fingerprint density at radius 1 is 1.44 bits per heavy atom. The topological polar surface area (TPSA) is 82.3 Å². The summed E-state index contributed by atoms with van der Waals surface area (Å²) in [5, 5.41) is 0.352. The highest BCUT2D eigenvalue weighted by Crippen LogP contribution is 2.28. The molecule has 0 unspecified atom stereocenters. The molecule has 88 valence electrons. The maximum atomic E-state index is 12.2. The van der Waals surface area contributed by atoms with Crippen molar-refractivity contribution >= 4 is 37.2 Å². The molecule has 1 heterocycles. The van der Waals surface area contributed by atoms with Crippen LogP contribution in [0, 0.1) is 0 Å². The predicted octanol–water partition coefficient (Wildman–Crippen LogP) is 2.11. The van der Waals surface area contributed by atoms with Crippen LogP contribution in [-0.2, 0) is 10.5 Å². The van der Waals surface area contributed by atoms with Gasteiger partial charge >= 0.3 is 10.5 Å². The van der Waals surface area contributed by atoms with E-state index >= 15 is 0 Å². The number of nitrogen functional groups attached to an aromatic ring is 1. The van der Waals surface area contributed by atoms with Crippen LogP contribution in [-0.4, -0.2) is 13.4 Å². The van der Waals surface area contributed by atoms with Gasteiger partial charge in [-0.05, 0) is 12.1 Å². The van der Waals surface area contributed by atoms with Gasteiger partial charge in [0, 0.05) is 6.07 Å². The summed E-state index contributed by atoms with van der Waals surface area (Å²) in [5.74, 6) is -0.103. The van der Waals surface area contributed by atoms with Gasteiger partial charge in [0.05, 0.1) is 10.2 Å². The SMILES string of the molecule is C.Nc1nc2ccc(OS(=O)(=O)F)cc2s1. The molecule has 1 aromatic heterocycles. The van der Waals surface area contributed by atoms with E-state index in [4.69, 9.17) is 5.73 Å². The third-order valence-corrected chi connectivity index (χ3v) is 2.81. The number of anilines is 1. The number of halogens is 1. The molecule has 1 aromatic carbocycles. The zero-order valence-electron chi connectivity index (χ0n) is 7.18. The highest BCUT2D eigenvalue weighted by atomic mass is 32.3. The Balaban J connectivity index is 0.00000128. The smallest absolute Gasteiger partial charge is 0.375 e. The minimum Gasteiger partial charge on any atom is -0.375 e. The molecular formula is C8H9FN2O3S2. The fraction of sp³-hybridized carbons (Fsp3) is 0.125. The summed E-state index contributed by atoms with van der Waals surface area (Å²) < 4.78 is 37.3. The van der Waals surface area contributed by atoms with Gasteiger partial charge in [0.2, 0.25) is 0 Å². The molecule has 0 radical (unpaired) electrons. The number of hydrogen-bond donors (Lipinski definition) is 1. The second-order valence-corrected chi connectivity index (χ2v) is 4.67. The van der Waals surface area contributed by atoms with E-state index in [-0.39, 0.29) is 13.2 Å². The lowest BCUT2D eigenvalue weighted by Crippen LogP contribution is -2.00. The summed E-state index contributed by atoms with van der Waals surface area (Å²) in [6, 6.07) is 4.17. The van der Waals surface area contributed by atoms with E-state index in [9.17, 15) is 12.3 Å². The first-order chi connectivity index (χ1) is 6.94. The Morgan fingerprint density at radius 2 is 2.12 bits per heavy atom. The van der Waals surface area contributed by atoms with Gasteiger partial charge in [0.15, 0.2) is 5.13 Å². The third-order valence-electron chi connectivity index (χ3n) is 1.57. The lowest BCUT2D eigenvalue weighted by Gasteiger charge is -1.98. The van der Waals surface area contributed by atoms with Crippen LogP contribution >= 0.6 is 11.3 Å². The fourth-order valence-corrected chi connectivity index (χ4v) is 2.19. The fourth-order valence-electron chi connectivity index (χ4n) is 1.09. The standard InChI is InChI=1S/C7H5FN2O3S2.CH4/c8-15(11,12)13-4-1-2-5-6(3-4)14-7(9)10-5;/h1-3H,(H2,9,10);1H4. The number of thiazole rings is 1. The highest BCUT2D eigenvalue weighted by molar-refractivity contribution is 7.81. The Hall–Kier alpha value is -1.41. The van der Waals surface area contributed by atoms with Crippen molar-refractivity contribution in [3.63, 3.8) is 0 Å². The highest BCUT2D eigenvalue weighted by Gasteiger charge is 2.10. The number of nitrogens with zero attached hydrogens (tertiary/aromatic N) is 1. The monoisotopic (exact) mass is 264 g/mol. The molecule has 0 saturated carbocycles. The van der Waals surface area contributed by atoms with E-state index < -0.39 is 10.5 Å². The Bertz CT molecular complexity index is 609. The summed E-state index contributed by atoms with van der Waals surface area (Å²) in [5.41, 5.74) is 6.05. The van der Waals surface area contributed by atoms with Crippen molar-refractivity contribution in [1.29, 1.82) is 0 Å². The number of aromatic nitrogens is 1. The molecule has 16 heavy (non-hydrogen) atoms. The number of nitrogens with two attached hydrogens (primary N) is 1.